The number of carbonyl (C=O) groups excluding carboxylic acids is 1. The van der Waals surface area contributed by atoms with Crippen LogP contribution in [0.3, 0.4) is 0 Å². The minimum absolute atomic E-state index is 0.174. The first-order valence-electron chi connectivity index (χ1n) is 6.16. The van der Waals surface area contributed by atoms with Crippen LogP contribution in [0.1, 0.15) is 15.9 Å². The van der Waals surface area contributed by atoms with Crippen LogP contribution < -0.4 is 11.1 Å². The first-order valence-corrected chi connectivity index (χ1v) is 7.33. The van der Waals surface area contributed by atoms with Gasteiger partial charge in [0.05, 0.1) is 15.2 Å². The summed E-state index contributed by atoms with van der Waals surface area (Å²) in [6.45, 7) is 0.598. The zero-order chi connectivity index (χ0) is 14.5. The van der Waals surface area contributed by atoms with Gasteiger partial charge in [-0.1, -0.05) is 29.8 Å². The van der Waals surface area contributed by atoms with Crippen LogP contribution in [0.2, 0.25) is 5.02 Å². The van der Waals surface area contributed by atoms with E-state index < -0.39 is 0 Å². The van der Waals surface area contributed by atoms with E-state index in [0.29, 0.717) is 27.3 Å². The second kappa shape index (κ2) is 6.88. The van der Waals surface area contributed by atoms with Crippen LogP contribution in [0.15, 0.2) is 46.9 Å². The Balaban J connectivity index is 2.13. The highest BCUT2D eigenvalue weighted by atomic mass is 79.9. The fraction of sp³-hybridized carbons (Fsp3) is 0.133. The molecule has 2 aromatic carbocycles. The van der Waals surface area contributed by atoms with Crippen molar-refractivity contribution in [1.82, 2.24) is 0 Å². The number of hydrogen-bond acceptors (Lipinski definition) is 2. The van der Waals surface area contributed by atoms with E-state index >= 15 is 0 Å². The summed E-state index contributed by atoms with van der Waals surface area (Å²) in [5.41, 5.74) is 7.85. The van der Waals surface area contributed by atoms with E-state index in [-0.39, 0.29) is 5.91 Å². The van der Waals surface area contributed by atoms with E-state index in [9.17, 15) is 4.79 Å². The Labute approximate surface area is 131 Å². The minimum Gasteiger partial charge on any atom is -0.330 e. The lowest BCUT2D eigenvalue weighted by Crippen LogP contribution is -2.12. The Morgan fingerprint density at radius 2 is 1.90 bits per heavy atom. The topological polar surface area (TPSA) is 55.1 Å². The molecular weight excluding hydrogens is 340 g/mol. The predicted octanol–water partition coefficient (Wildman–Crippen LogP) is 3.86. The first-order chi connectivity index (χ1) is 9.61. The van der Waals surface area contributed by atoms with Gasteiger partial charge in [-0.2, -0.15) is 0 Å². The van der Waals surface area contributed by atoms with Crippen molar-refractivity contribution in [3.8, 4) is 0 Å². The smallest absolute Gasteiger partial charge is 0.255 e. The first kappa shape index (κ1) is 15.0. The highest BCUT2D eigenvalue weighted by molar-refractivity contribution is 9.10. The number of anilines is 1. The summed E-state index contributed by atoms with van der Waals surface area (Å²) < 4.78 is 0.676. The number of benzene rings is 2. The largest absolute Gasteiger partial charge is 0.330 e. The maximum atomic E-state index is 12.1. The molecule has 0 saturated heterocycles. The number of halogens is 2. The molecule has 2 rings (SSSR count). The predicted molar refractivity (Wildman–Crippen MR) is 86.3 cm³/mol. The van der Waals surface area contributed by atoms with Gasteiger partial charge in [0.1, 0.15) is 0 Å². The zero-order valence-electron chi connectivity index (χ0n) is 10.7. The second-order valence-corrected chi connectivity index (χ2v) is 5.49. The molecule has 2 aromatic rings. The standard InChI is InChI=1S/C15H14BrClN2O/c16-14-12(17)2-1-3-13(14)19-15(20)11-6-4-10(5-7-11)8-9-18/h1-7H,8-9,18H2,(H,19,20). The maximum Gasteiger partial charge on any atom is 0.255 e. The maximum absolute atomic E-state index is 12.1. The molecule has 0 heterocycles. The van der Waals surface area contributed by atoms with Gasteiger partial charge < -0.3 is 11.1 Å². The molecule has 0 fully saturated rings. The van der Waals surface area contributed by atoms with Gasteiger partial charge in [0.15, 0.2) is 0 Å². The third-order valence-electron chi connectivity index (χ3n) is 2.85. The quantitative estimate of drug-likeness (QED) is 0.877. The third kappa shape index (κ3) is 3.60. The van der Waals surface area contributed by atoms with Gasteiger partial charge in [-0.15, -0.1) is 0 Å². The number of hydrogen-bond donors (Lipinski definition) is 2. The average Bonchev–Trinajstić information content (AvgIpc) is 2.45. The fourth-order valence-corrected chi connectivity index (χ4v) is 2.32. The normalized spacial score (nSPS) is 10.3. The van der Waals surface area contributed by atoms with Crippen molar-refractivity contribution >= 4 is 39.1 Å². The Kier molecular flexibility index (Phi) is 5.17. The van der Waals surface area contributed by atoms with Gasteiger partial charge in [-0.25, -0.2) is 0 Å². The van der Waals surface area contributed by atoms with E-state index in [1.807, 2.05) is 12.1 Å². The van der Waals surface area contributed by atoms with Crippen molar-refractivity contribution in [2.24, 2.45) is 5.73 Å². The van der Waals surface area contributed by atoms with Crippen LogP contribution in [0, 0.1) is 0 Å². The Bertz CT molecular complexity index is 614. The van der Waals surface area contributed by atoms with Crippen molar-refractivity contribution in [3.05, 3.63) is 63.1 Å². The average molecular weight is 354 g/mol. The molecular formula is C15H14BrClN2O. The molecule has 0 bridgehead atoms. The summed E-state index contributed by atoms with van der Waals surface area (Å²) >= 11 is 9.34. The van der Waals surface area contributed by atoms with Crippen LogP contribution >= 0.6 is 27.5 Å². The van der Waals surface area contributed by atoms with Gasteiger partial charge in [0.2, 0.25) is 0 Å². The lowest BCUT2D eigenvalue weighted by atomic mass is 10.1. The highest BCUT2D eigenvalue weighted by Gasteiger charge is 2.09. The van der Waals surface area contributed by atoms with Gasteiger partial charge in [-0.05, 0) is 58.7 Å². The number of nitrogens with two attached hydrogens (primary N) is 1. The van der Waals surface area contributed by atoms with Gasteiger partial charge in [0.25, 0.3) is 5.91 Å². The van der Waals surface area contributed by atoms with Gasteiger partial charge in [-0.3, -0.25) is 4.79 Å². The molecule has 0 spiro atoms. The van der Waals surface area contributed by atoms with Crippen molar-refractivity contribution in [2.45, 2.75) is 6.42 Å². The van der Waals surface area contributed by atoms with E-state index in [4.69, 9.17) is 17.3 Å². The molecule has 0 aromatic heterocycles. The van der Waals surface area contributed by atoms with Crippen LogP contribution in [0.25, 0.3) is 0 Å². The highest BCUT2D eigenvalue weighted by Crippen LogP contribution is 2.30. The number of amides is 1. The van der Waals surface area contributed by atoms with E-state index in [2.05, 4.69) is 21.2 Å². The zero-order valence-corrected chi connectivity index (χ0v) is 13.0. The summed E-state index contributed by atoms with van der Waals surface area (Å²) in [5.74, 6) is -0.174. The van der Waals surface area contributed by atoms with E-state index in [1.165, 1.54) is 0 Å². The van der Waals surface area contributed by atoms with Crippen LogP contribution in [-0.2, 0) is 6.42 Å². The second-order valence-electron chi connectivity index (χ2n) is 4.29. The Hall–Kier alpha value is -1.36. The van der Waals surface area contributed by atoms with Crippen molar-refractivity contribution in [1.29, 1.82) is 0 Å². The molecule has 1 amide bonds. The van der Waals surface area contributed by atoms with Crippen LogP contribution in [0.4, 0.5) is 5.69 Å². The minimum atomic E-state index is -0.174. The molecule has 0 aliphatic rings. The summed E-state index contributed by atoms with van der Waals surface area (Å²) in [6, 6.07) is 12.7. The number of nitrogens with one attached hydrogen (secondary N) is 1. The van der Waals surface area contributed by atoms with Crippen molar-refractivity contribution in [3.63, 3.8) is 0 Å². The molecule has 0 unspecified atom stereocenters. The summed E-state index contributed by atoms with van der Waals surface area (Å²) in [4.78, 5) is 12.1. The molecule has 0 atom stereocenters. The molecule has 3 N–H and O–H groups in total. The lowest BCUT2D eigenvalue weighted by Gasteiger charge is -2.09. The molecule has 3 nitrogen and oxygen atoms in total. The molecule has 0 aliphatic carbocycles. The Morgan fingerprint density at radius 3 is 2.55 bits per heavy atom. The molecule has 20 heavy (non-hydrogen) atoms. The molecule has 0 saturated carbocycles. The van der Waals surface area contributed by atoms with Crippen LogP contribution in [-0.4, -0.2) is 12.5 Å². The number of rotatable bonds is 4. The van der Waals surface area contributed by atoms with Crippen LogP contribution in [0.5, 0.6) is 0 Å². The monoisotopic (exact) mass is 352 g/mol. The summed E-state index contributed by atoms with van der Waals surface area (Å²) in [6.07, 6.45) is 0.807. The van der Waals surface area contributed by atoms with E-state index in [1.54, 1.807) is 30.3 Å². The van der Waals surface area contributed by atoms with Crippen molar-refractivity contribution in [2.75, 3.05) is 11.9 Å². The van der Waals surface area contributed by atoms with E-state index in [0.717, 1.165) is 12.0 Å². The third-order valence-corrected chi connectivity index (χ3v) is 4.25. The Morgan fingerprint density at radius 1 is 1.20 bits per heavy atom. The van der Waals surface area contributed by atoms with Gasteiger partial charge >= 0.3 is 0 Å². The molecule has 5 heteroatoms. The summed E-state index contributed by atoms with van der Waals surface area (Å²) in [5, 5.41) is 3.38. The summed E-state index contributed by atoms with van der Waals surface area (Å²) in [7, 11) is 0. The number of carbonyl (C=O) groups is 1. The molecule has 0 aliphatic heterocycles. The van der Waals surface area contributed by atoms with Gasteiger partial charge in [0, 0.05) is 5.56 Å². The fourth-order valence-electron chi connectivity index (χ4n) is 1.78. The lowest BCUT2D eigenvalue weighted by molar-refractivity contribution is 0.102. The van der Waals surface area contributed by atoms with Crippen molar-refractivity contribution < 1.29 is 4.79 Å². The molecule has 0 radical (unpaired) electrons. The SMILES string of the molecule is NCCc1ccc(C(=O)Nc2cccc(Cl)c2Br)cc1. The molecule has 104 valence electrons.